The summed E-state index contributed by atoms with van der Waals surface area (Å²) in [7, 11) is 0. The zero-order chi connectivity index (χ0) is 19.5. The normalized spacial score (nSPS) is 10.8. The van der Waals surface area contributed by atoms with Gasteiger partial charge >= 0.3 is 0 Å². The molecule has 2 amide bonds. The summed E-state index contributed by atoms with van der Waals surface area (Å²) in [6.07, 6.45) is 1.86. The fourth-order valence-corrected chi connectivity index (χ4v) is 2.84. The third-order valence-electron chi connectivity index (χ3n) is 3.68. The Hall–Kier alpha value is -2.65. The molecule has 0 spiro atoms. The molecule has 6 heteroatoms. The number of nitrogens with zero attached hydrogens (tertiary/aromatic N) is 3. The molecule has 0 aromatic heterocycles. The Bertz CT molecular complexity index is 864. The van der Waals surface area contributed by atoms with E-state index in [2.05, 4.69) is 15.9 Å². The van der Waals surface area contributed by atoms with Crippen LogP contribution in [0.3, 0.4) is 0 Å². The SMILES string of the molecule is Cc1ccc(C(=O)N(C#N)N(C(=O)c2cccc(Br)c2)C(C)(C)C)cc1. The smallest absolute Gasteiger partial charge is 0.267 e. The quantitative estimate of drug-likeness (QED) is 0.412. The van der Waals surface area contributed by atoms with Crippen molar-refractivity contribution in [2.24, 2.45) is 0 Å². The first kappa shape index (κ1) is 19.7. The van der Waals surface area contributed by atoms with Crippen molar-refractivity contribution in [2.45, 2.75) is 33.2 Å². The molecule has 0 bridgehead atoms. The van der Waals surface area contributed by atoms with E-state index in [1.807, 2.05) is 13.1 Å². The van der Waals surface area contributed by atoms with E-state index in [9.17, 15) is 14.9 Å². The van der Waals surface area contributed by atoms with E-state index >= 15 is 0 Å². The van der Waals surface area contributed by atoms with Gasteiger partial charge in [-0.25, -0.2) is 5.01 Å². The van der Waals surface area contributed by atoms with Crippen LogP contribution >= 0.6 is 15.9 Å². The van der Waals surface area contributed by atoms with Gasteiger partial charge in [0.25, 0.3) is 11.8 Å². The van der Waals surface area contributed by atoms with Crippen molar-refractivity contribution in [3.63, 3.8) is 0 Å². The summed E-state index contributed by atoms with van der Waals surface area (Å²) in [4.78, 5) is 26.0. The Morgan fingerprint density at radius 1 is 1.00 bits per heavy atom. The van der Waals surface area contributed by atoms with Gasteiger partial charge in [-0.05, 0) is 58.0 Å². The highest BCUT2D eigenvalue weighted by Gasteiger charge is 2.36. The van der Waals surface area contributed by atoms with Gasteiger partial charge in [-0.15, -0.1) is 5.01 Å². The number of carbonyl (C=O) groups excluding carboxylic acids is 2. The van der Waals surface area contributed by atoms with Gasteiger partial charge in [0.05, 0.1) is 5.54 Å². The van der Waals surface area contributed by atoms with Gasteiger partial charge in [0, 0.05) is 15.6 Å². The Kier molecular flexibility index (Phi) is 5.83. The van der Waals surface area contributed by atoms with Crippen LogP contribution in [-0.2, 0) is 0 Å². The van der Waals surface area contributed by atoms with Crippen molar-refractivity contribution >= 4 is 27.7 Å². The van der Waals surface area contributed by atoms with Crippen molar-refractivity contribution in [3.8, 4) is 6.19 Å². The number of hydrazine groups is 1. The maximum atomic E-state index is 13.1. The summed E-state index contributed by atoms with van der Waals surface area (Å²) in [6, 6.07) is 13.7. The van der Waals surface area contributed by atoms with Crippen molar-refractivity contribution in [2.75, 3.05) is 0 Å². The van der Waals surface area contributed by atoms with Gasteiger partial charge in [-0.3, -0.25) is 9.59 Å². The molecule has 0 atom stereocenters. The van der Waals surface area contributed by atoms with E-state index in [0.29, 0.717) is 11.1 Å². The van der Waals surface area contributed by atoms with Crippen molar-refractivity contribution in [1.82, 2.24) is 10.0 Å². The fraction of sp³-hybridized carbons (Fsp3) is 0.250. The maximum Gasteiger partial charge on any atom is 0.286 e. The van der Waals surface area contributed by atoms with Gasteiger partial charge in [-0.2, -0.15) is 5.26 Å². The second-order valence-corrected chi connectivity index (χ2v) is 7.80. The number of hydrogen-bond acceptors (Lipinski definition) is 3. The number of nitriles is 1. The molecule has 0 N–H and O–H groups in total. The van der Waals surface area contributed by atoms with E-state index in [4.69, 9.17) is 0 Å². The summed E-state index contributed by atoms with van der Waals surface area (Å²) in [6.45, 7) is 7.23. The lowest BCUT2D eigenvalue weighted by Gasteiger charge is -2.39. The van der Waals surface area contributed by atoms with Gasteiger partial charge < -0.3 is 0 Å². The van der Waals surface area contributed by atoms with Crippen LogP contribution in [0.15, 0.2) is 53.0 Å². The zero-order valence-electron chi connectivity index (χ0n) is 15.2. The van der Waals surface area contributed by atoms with E-state index in [-0.39, 0.29) is 0 Å². The van der Waals surface area contributed by atoms with Crippen LogP contribution in [0.5, 0.6) is 0 Å². The summed E-state index contributed by atoms with van der Waals surface area (Å²) in [5.74, 6) is -0.980. The number of halogens is 1. The predicted octanol–water partition coefficient (Wildman–Crippen LogP) is 4.54. The van der Waals surface area contributed by atoms with Crippen LogP contribution in [0.1, 0.15) is 47.1 Å². The molecule has 0 aliphatic carbocycles. The second kappa shape index (κ2) is 7.71. The Labute approximate surface area is 161 Å². The molecule has 0 aliphatic rings. The van der Waals surface area contributed by atoms with Crippen molar-refractivity contribution in [3.05, 3.63) is 69.7 Å². The molecule has 0 heterocycles. The average molecular weight is 414 g/mol. The van der Waals surface area contributed by atoms with Gasteiger partial charge in [0.2, 0.25) is 6.19 Å². The van der Waals surface area contributed by atoms with Crippen LogP contribution in [0.4, 0.5) is 0 Å². The average Bonchev–Trinajstić information content (AvgIpc) is 2.58. The minimum atomic E-state index is -0.782. The molecular weight excluding hydrogens is 394 g/mol. The van der Waals surface area contributed by atoms with Gasteiger partial charge in [-0.1, -0.05) is 39.7 Å². The molecule has 0 saturated heterocycles. The van der Waals surface area contributed by atoms with Gasteiger partial charge in [0.1, 0.15) is 0 Å². The molecule has 134 valence electrons. The molecule has 26 heavy (non-hydrogen) atoms. The monoisotopic (exact) mass is 413 g/mol. The Morgan fingerprint density at radius 2 is 1.62 bits per heavy atom. The lowest BCUT2D eigenvalue weighted by Crippen LogP contribution is -2.56. The van der Waals surface area contributed by atoms with E-state index < -0.39 is 17.4 Å². The Morgan fingerprint density at radius 3 is 2.12 bits per heavy atom. The molecule has 2 rings (SSSR count). The van der Waals surface area contributed by atoms with Crippen LogP contribution in [0.2, 0.25) is 0 Å². The van der Waals surface area contributed by atoms with E-state index in [0.717, 1.165) is 15.0 Å². The second-order valence-electron chi connectivity index (χ2n) is 6.88. The van der Waals surface area contributed by atoms with Crippen LogP contribution in [0, 0.1) is 18.4 Å². The molecule has 0 fully saturated rings. The minimum absolute atomic E-state index is 0.341. The van der Waals surface area contributed by atoms with Crippen LogP contribution in [-0.4, -0.2) is 27.4 Å². The third kappa shape index (κ3) is 4.30. The molecule has 0 radical (unpaired) electrons. The first-order valence-electron chi connectivity index (χ1n) is 8.06. The number of rotatable bonds is 2. The maximum absolute atomic E-state index is 13.1. The number of aryl methyl sites for hydroxylation is 1. The number of amides is 2. The summed E-state index contributed by atoms with van der Waals surface area (Å²) in [5.41, 5.74) is 0.942. The lowest BCUT2D eigenvalue weighted by molar-refractivity contribution is -0.0167. The molecule has 0 aliphatic heterocycles. The number of hydrogen-bond donors (Lipinski definition) is 0. The van der Waals surface area contributed by atoms with Crippen molar-refractivity contribution in [1.29, 1.82) is 5.26 Å². The molecule has 2 aromatic rings. The fourth-order valence-electron chi connectivity index (χ4n) is 2.44. The highest BCUT2D eigenvalue weighted by atomic mass is 79.9. The molecule has 0 unspecified atom stereocenters. The highest BCUT2D eigenvalue weighted by molar-refractivity contribution is 9.10. The lowest BCUT2D eigenvalue weighted by atomic mass is 10.1. The molecule has 0 saturated carbocycles. The van der Waals surface area contributed by atoms with E-state index in [1.54, 1.807) is 69.3 Å². The predicted molar refractivity (Wildman–Crippen MR) is 103 cm³/mol. The molecular formula is C20H20BrN3O2. The molecule has 2 aromatic carbocycles. The Balaban J connectivity index is 2.47. The standard InChI is InChI=1S/C20H20BrN3O2/c1-14-8-10-15(11-9-14)18(25)23(13-22)24(20(2,3)4)19(26)16-6-5-7-17(21)12-16/h5-12H,1-4H3. The zero-order valence-corrected chi connectivity index (χ0v) is 16.7. The summed E-state index contributed by atoms with van der Waals surface area (Å²) >= 11 is 3.34. The highest BCUT2D eigenvalue weighted by Crippen LogP contribution is 2.23. The topological polar surface area (TPSA) is 64.4 Å². The van der Waals surface area contributed by atoms with Gasteiger partial charge in [0.15, 0.2) is 0 Å². The first-order valence-corrected chi connectivity index (χ1v) is 8.85. The van der Waals surface area contributed by atoms with Crippen LogP contribution in [0.25, 0.3) is 0 Å². The summed E-state index contributed by atoms with van der Waals surface area (Å²) < 4.78 is 0.741. The third-order valence-corrected chi connectivity index (χ3v) is 4.18. The van der Waals surface area contributed by atoms with Crippen molar-refractivity contribution < 1.29 is 9.59 Å². The first-order chi connectivity index (χ1) is 12.1. The largest absolute Gasteiger partial charge is 0.286 e. The minimum Gasteiger partial charge on any atom is -0.267 e. The molecule has 5 nitrogen and oxygen atoms in total. The number of carbonyl (C=O) groups is 2. The number of benzene rings is 2. The van der Waals surface area contributed by atoms with E-state index in [1.165, 1.54) is 5.01 Å². The summed E-state index contributed by atoms with van der Waals surface area (Å²) in [5, 5.41) is 11.7. The van der Waals surface area contributed by atoms with Crippen LogP contribution < -0.4 is 0 Å².